The fourth-order valence-electron chi connectivity index (χ4n) is 1.69. The first kappa shape index (κ1) is 10.8. The van der Waals surface area contributed by atoms with Gasteiger partial charge in [0.25, 0.3) is 0 Å². The molecular formula is C10H14BrN3O. The van der Waals surface area contributed by atoms with E-state index < -0.39 is 0 Å². The van der Waals surface area contributed by atoms with Crippen molar-refractivity contribution in [1.82, 2.24) is 9.97 Å². The van der Waals surface area contributed by atoms with Crippen LogP contribution in [-0.4, -0.2) is 28.7 Å². The SMILES string of the molecule is CC1(CNc2ncncc2Br)CCCO1. The quantitative estimate of drug-likeness (QED) is 0.916. The van der Waals surface area contributed by atoms with Crippen molar-refractivity contribution < 1.29 is 4.74 Å². The molecule has 0 saturated carbocycles. The summed E-state index contributed by atoms with van der Waals surface area (Å²) in [4.78, 5) is 8.06. The molecule has 82 valence electrons. The number of hydrogen-bond acceptors (Lipinski definition) is 4. The van der Waals surface area contributed by atoms with E-state index in [9.17, 15) is 0 Å². The molecule has 1 atom stereocenters. The first-order valence-corrected chi connectivity index (χ1v) is 5.82. The van der Waals surface area contributed by atoms with Crippen LogP contribution in [0.5, 0.6) is 0 Å². The van der Waals surface area contributed by atoms with Crippen LogP contribution in [0.3, 0.4) is 0 Å². The standard InChI is InChI=1S/C10H14BrN3O/c1-10(3-2-4-15-10)6-13-9-8(11)5-12-7-14-9/h5,7H,2-4,6H2,1H3,(H,12,13,14). The smallest absolute Gasteiger partial charge is 0.143 e. The Kier molecular flexibility index (Phi) is 3.21. The maximum absolute atomic E-state index is 5.68. The summed E-state index contributed by atoms with van der Waals surface area (Å²) in [7, 11) is 0. The van der Waals surface area contributed by atoms with Crippen molar-refractivity contribution >= 4 is 21.7 Å². The highest BCUT2D eigenvalue weighted by Crippen LogP contribution is 2.26. The van der Waals surface area contributed by atoms with Gasteiger partial charge >= 0.3 is 0 Å². The van der Waals surface area contributed by atoms with E-state index in [1.54, 1.807) is 6.20 Å². The molecule has 1 N–H and O–H groups in total. The van der Waals surface area contributed by atoms with E-state index >= 15 is 0 Å². The third-order valence-electron chi connectivity index (χ3n) is 2.60. The minimum absolute atomic E-state index is 0.0512. The summed E-state index contributed by atoms with van der Waals surface area (Å²) >= 11 is 3.40. The monoisotopic (exact) mass is 271 g/mol. The Morgan fingerprint density at radius 3 is 3.20 bits per heavy atom. The molecule has 15 heavy (non-hydrogen) atoms. The van der Waals surface area contributed by atoms with E-state index in [1.807, 2.05) is 0 Å². The molecule has 2 rings (SSSR count). The van der Waals surface area contributed by atoms with Gasteiger partial charge in [0.1, 0.15) is 12.1 Å². The average Bonchev–Trinajstić information content (AvgIpc) is 2.65. The number of nitrogens with zero attached hydrogens (tertiary/aromatic N) is 2. The second-order valence-electron chi connectivity index (χ2n) is 3.97. The maximum Gasteiger partial charge on any atom is 0.143 e. The number of hydrogen-bond donors (Lipinski definition) is 1. The van der Waals surface area contributed by atoms with Crippen molar-refractivity contribution in [3.63, 3.8) is 0 Å². The molecule has 1 aliphatic rings. The van der Waals surface area contributed by atoms with E-state index in [0.29, 0.717) is 0 Å². The molecule has 0 spiro atoms. The van der Waals surface area contributed by atoms with Crippen LogP contribution in [-0.2, 0) is 4.74 Å². The lowest BCUT2D eigenvalue weighted by molar-refractivity contribution is 0.0314. The summed E-state index contributed by atoms with van der Waals surface area (Å²) in [6.45, 7) is 3.77. The molecule has 0 aromatic carbocycles. The predicted octanol–water partition coefficient (Wildman–Crippen LogP) is 2.22. The number of rotatable bonds is 3. The second-order valence-corrected chi connectivity index (χ2v) is 4.83. The molecule has 2 heterocycles. The summed E-state index contributed by atoms with van der Waals surface area (Å²) in [5.74, 6) is 0.821. The van der Waals surface area contributed by atoms with Crippen molar-refractivity contribution in [3.8, 4) is 0 Å². The van der Waals surface area contributed by atoms with Crippen LogP contribution >= 0.6 is 15.9 Å². The highest BCUT2D eigenvalue weighted by Gasteiger charge is 2.29. The molecule has 1 unspecified atom stereocenters. The van der Waals surface area contributed by atoms with Crippen molar-refractivity contribution in [2.24, 2.45) is 0 Å². The predicted molar refractivity (Wildman–Crippen MR) is 61.8 cm³/mol. The van der Waals surface area contributed by atoms with Gasteiger partial charge in [-0.15, -0.1) is 0 Å². The third kappa shape index (κ3) is 2.66. The van der Waals surface area contributed by atoms with Crippen LogP contribution in [0.1, 0.15) is 19.8 Å². The first-order valence-electron chi connectivity index (χ1n) is 5.03. The molecule has 0 aliphatic carbocycles. The van der Waals surface area contributed by atoms with Gasteiger partial charge in [-0.1, -0.05) is 0 Å². The van der Waals surface area contributed by atoms with Crippen molar-refractivity contribution in [3.05, 3.63) is 17.0 Å². The van der Waals surface area contributed by atoms with Crippen LogP contribution in [0, 0.1) is 0 Å². The zero-order valence-corrected chi connectivity index (χ0v) is 10.2. The summed E-state index contributed by atoms with van der Waals surface area (Å²) in [5, 5.41) is 3.27. The molecule has 0 amide bonds. The molecule has 1 aromatic rings. The van der Waals surface area contributed by atoms with Gasteiger partial charge in [-0.25, -0.2) is 9.97 Å². The Hall–Kier alpha value is -0.680. The molecule has 1 aromatic heterocycles. The fraction of sp³-hybridized carbons (Fsp3) is 0.600. The molecule has 0 radical (unpaired) electrons. The molecule has 1 aliphatic heterocycles. The highest BCUT2D eigenvalue weighted by atomic mass is 79.9. The first-order chi connectivity index (χ1) is 7.20. The highest BCUT2D eigenvalue weighted by molar-refractivity contribution is 9.10. The van der Waals surface area contributed by atoms with E-state index in [2.05, 4.69) is 38.1 Å². The lowest BCUT2D eigenvalue weighted by Crippen LogP contribution is -2.32. The Balaban J connectivity index is 1.95. The summed E-state index contributed by atoms with van der Waals surface area (Å²) < 4.78 is 6.56. The minimum atomic E-state index is -0.0512. The van der Waals surface area contributed by atoms with Gasteiger partial charge in [0.05, 0.1) is 10.1 Å². The number of halogens is 1. The zero-order chi connectivity index (χ0) is 10.7. The van der Waals surface area contributed by atoms with Gasteiger partial charge in [0, 0.05) is 19.3 Å². The lowest BCUT2D eigenvalue weighted by atomic mass is 10.0. The van der Waals surface area contributed by atoms with E-state index in [4.69, 9.17) is 4.74 Å². The minimum Gasteiger partial charge on any atom is -0.373 e. The summed E-state index contributed by atoms with van der Waals surface area (Å²) in [6, 6.07) is 0. The molecule has 1 saturated heterocycles. The Bertz CT molecular complexity index is 339. The molecule has 0 bridgehead atoms. The van der Waals surface area contributed by atoms with Crippen molar-refractivity contribution in [2.45, 2.75) is 25.4 Å². The van der Waals surface area contributed by atoms with Crippen molar-refractivity contribution in [1.29, 1.82) is 0 Å². The van der Waals surface area contributed by atoms with E-state index in [0.717, 1.165) is 36.3 Å². The van der Waals surface area contributed by atoms with E-state index in [1.165, 1.54) is 6.33 Å². The van der Waals surface area contributed by atoms with Gasteiger partial charge in [-0.05, 0) is 35.7 Å². The van der Waals surface area contributed by atoms with Crippen LogP contribution in [0.2, 0.25) is 0 Å². The third-order valence-corrected chi connectivity index (χ3v) is 3.18. The Morgan fingerprint density at radius 2 is 2.53 bits per heavy atom. The summed E-state index contributed by atoms with van der Waals surface area (Å²) in [6.07, 6.45) is 5.50. The lowest BCUT2D eigenvalue weighted by Gasteiger charge is -2.23. The molecule has 1 fully saturated rings. The Labute approximate surface area is 97.6 Å². The molecule has 4 nitrogen and oxygen atoms in total. The van der Waals surface area contributed by atoms with Crippen LogP contribution in [0.4, 0.5) is 5.82 Å². The summed E-state index contributed by atoms with van der Waals surface area (Å²) in [5.41, 5.74) is -0.0512. The van der Waals surface area contributed by atoms with E-state index in [-0.39, 0.29) is 5.60 Å². The largest absolute Gasteiger partial charge is 0.373 e. The fourth-order valence-corrected chi connectivity index (χ4v) is 2.05. The van der Waals surface area contributed by atoms with Gasteiger partial charge in [0.2, 0.25) is 0 Å². The van der Waals surface area contributed by atoms with Crippen LogP contribution in [0.25, 0.3) is 0 Å². The average molecular weight is 272 g/mol. The van der Waals surface area contributed by atoms with Gasteiger partial charge < -0.3 is 10.1 Å². The maximum atomic E-state index is 5.68. The normalized spacial score (nSPS) is 25.5. The topological polar surface area (TPSA) is 47.0 Å². The Morgan fingerprint density at radius 1 is 1.67 bits per heavy atom. The van der Waals surface area contributed by atoms with Gasteiger partial charge in [-0.2, -0.15) is 0 Å². The van der Waals surface area contributed by atoms with Crippen LogP contribution in [0.15, 0.2) is 17.0 Å². The number of anilines is 1. The molecular weight excluding hydrogens is 258 g/mol. The molecule has 5 heteroatoms. The number of ether oxygens (including phenoxy) is 1. The van der Waals surface area contributed by atoms with Gasteiger partial charge in [-0.3, -0.25) is 0 Å². The van der Waals surface area contributed by atoms with Crippen molar-refractivity contribution in [2.75, 3.05) is 18.5 Å². The zero-order valence-electron chi connectivity index (χ0n) is 8.66. The number of nitrogens with one attached hydrogen (secondary N) is 1. The number of aromatic nitrogens is 2. The second kappa shape index (κ2) is 4.45. The van der Waals surface area contributed by atoms with Gasteiger partial charge in [0.15, 0.2) is 0 Å². The van der Waals surface area contributed by atoms with Crippen LogP contribution < -0.4 is 5.32 Å².